The molecule has 2 aromatic heterocycles. The zero-order valence-corrected chi connectivity index (χ0v) is 14.0. The molecule has 7 heteroatoms. The molecule has 3 rings (SSSR count). The maximum absolute atomic E-state index is 5.95. The molecule has 0 amide bonds. The SMILES string of the molecule is CCOc1nc(N)c2nc(Br)n(Cc3ccc(C)cc3)c2n1. The number of hydrogen-bond acceptors (Lipinski definition) is 5. The molecule has 0 fully saturated rings. The van der Waals surface area contributed by atoms with Crippen molar-refractivity contribution >= 4 is 32.9 Å². The average molecular weight is 362 g/mol. The van der Waals surface area contributed by atoms with Crippen LogP contribution in [0.1, 0.15) is 18.1 Å². The number of halogens is 1. The van der Waals surface area contributed by atoms with Crippen molar-refractivity contribution in [3.8, 4) is 6.01 Å². The fourth-order valence-corrected chi connectivity index (χ4v) is 2.66. The summed E-state index contributed by atoms with van der Waals surface area (Å²) < 4.78 is 7.98. The van der Waals surface area contributed by atoms with Gasteiger partial charge in [-0.15, -0.1) is 0 Å². The Morgan fingerprint density at radius 3 is 2.59 bits per heavy atom. The first-order valence-electron chi connectivity index (χ1n) is 6.96. The first-order chi connectivity index (χ1) is 10.6. The van der Waals surface area contributed by atoms with E-state index in [4.69, 9.17) is 10.5 Å². The lowest BCUT2D eigenvalue weighted by molar-refractivity contribution is 0.314. The fraction of sp³-hybridized carbons (Fsp3) is 0.267. The summed E-state index contributed by atoms with van der Waals surface area (Å²) >= 11 is 3.47. The van der Waals surface area contributed by atoms with Crippen molar-refractivity contribution in [2.24, 2.45) is 0 Å². The third-order valence-corrected chi connectivity index (χ3v) is 3.89. The molecule has 0 radical (unpaired) electrons. The van der Waals surface area contributed by atoms with Crippen LogP contribution in [0.25, 0.3) is 11.2 Å². The van der Waals surface area contributed by atoms with Crippen molar-refractivity contribution in [2.75, 3.05) is 12.3 Å². The van der Waals surface area contributed by atoms with Crippen LogP contribution in [0.3, 0.4) is 0 Å². The van der Waals surface area contributed by atoms with Gasteiger partial charge in [0.2, 0.25) is 0 Å². The third-order valence-electron chi connectivity index (χ3n) is 3.29. The fourth-order valence-electron chi connectivity index (χ4n) is 2.18. The van der Waals surface area contributed by atoms with Crippen LogP contribution < -0.4 is 10.5 Å². The van der Waals surface area contributed by atoms with Crippen molar-refractivity contribution in [3.05, 3.63) is 40.1 Å². The number of aryl methyl sites for hydroxylation is 1. The van der Waals surface area contributed by atoms with Gasteiger partial charge in [-0.05, 0) is 35.3 Å². The summed E-state index contributed by atoms with van der Waals surface area (Å²) in [5, 5.41) is 0. The smallest absolute Gasteiger partial charge is 0.320 e. The molecule has 0 atom stereocenters. The maximum atomic E-state index is 5.95. The first kappa shape index (κ1) is 14.8. The van der Waals surface area contributed by atoms with E-state index in [2.05, 4.69) is 62.1 Å². The maximum Gasteiger partial charge on any atom is 0.320 e. The number of nitrogen functional groups attached to an aromatic ring is 1. The number of anilines is 1. The summed E-state index contributed by atoms with van der Waals surface area (Å²) in [6.07, 6.45) is 0. The van der Waals surface area contributed by atoms with Gasteiger partial charge in [-0.25, -0.2) is 4.98 Å². The van der Waals surface area contributed by atoms with Crippen molar-refractivity contribution in [2.45, 2.75) is 20.4 Å². The third kappa shape index (κ3) is 2.76. The quantitative estimate of drug-likeness (QED) is 0.722. The van der Waals surface area contributed by atoms with E-state index in [1.54, 1.807) is 0 Å². The summed E-state index contributed by atoms with van der Waals surface area (Å²) in [7, 11) is 0. The highest BCUT2D eigenvalue weighted by Gasteiger charge is 2.16. The van der Waals surface area contributed by atoms with Gasteiger partial charge in [-0.2, -0.15) is 9.97 Å². The van der Waals surface area contributed by atoms with Crippen LogP contribution >= 0.6 is 15.9 Å². The Kier molecular flexibility index (Phi) is 3.98. The summed E-state index contributed by atoms with van der Waals surface area (Å²) in [6, 6.07) is 8.60. The van der Waals surface area contributed by atoms with E-state index in [1.807, 2.05) is 11.5 Å². The number of rotatable bonds is 4. The Morgan fingerprint density at radius 2 is 1.91 bits per heavy atom. The van der Waals surface area contributed by atoms with Crippen LogP contribution in [0, 0.1) is 6.92 Å². The van der Waals surface area contributed by atoms with Crippen LogP contribution in [0.5, 0.6) is 6.01 Å². The number of imidazole rings is 1. The standard InChI is InChI=1S/C15H16BrN5O/c1-3-22-15-19-12(17)11-13(20-15)21(14(16)18-11)8-10-6-4-9(2)5-7-10/h4-7H,3,8H2,1-2H3,(H2,17,19,20). The van der Waals surface area contributed by atoms with Crippen molar-refractivity contribution in [1.82, 2.24) is 19.5 Å². The number of fused-ring (bicyclic) bond motifs is 1. The van der Waals surface area contributed by atoms with E-state index in [9.17, 15) is 0 Å². The van der Waals surface area contributed by atoms with Crippen molar-refractivity contribution in [1.29, 1.82) is 0 Å². The minimum Gasteiger partial charge on any atom is -0.464 e. The minimum atomic E-state index is 0.269. The van der Waals surface area contributed by atoms with E-state index in [0.717, 1.165) is 5.56 Å². The highest BCUT2D eigenvalue weighted by molar-refractivity contribution is 9.10. The Bertz CT molecular complexity index is 813. The molecule has 0 saturated heterocycles. The monoisotopic (exact) mass is 361 g/mol. The van der Waals surface area contributed by atoms with E-state index in [-0.39, 0.29) is 6.01 Å². The van der Waals surface area contributed by atoms with E-state index in [0.29, 0.717) is 34.9 Å². The largest absolute Gasteiger partial charge is 0.464 e. The van der Waals surface area contributed by atoms with Gasteiger partial charge < -0.3 is 10.5 Å². The molecular formula is C15H16BrN5O. The van der Waals surface area contributed by atoms with Gasteiger partial charge in [0.1, 0.15) is 0 Å². The summed E-state index contributed by atoms with van der Waals surface area (Å²) in [5.74, 6) is 0.316. The number of nitrogens with zero attached hydrogens (tertiary/aromatic N) is 4. The lowest BCUT2D eigenvalue weighted by Gasteiger charge is -2.07. The zero-order chi connectivity index (χ0) is 15.7. The molecule has 0 bridgehead atoms. The predicted octanol–water partition coefficient (Wildman–Crippen LogP) is 2.93. The van der Waals surface area contributed by atoms with Gasteiger partial charge in [0, 0.05) is 0 Å². The number of hydrogen-bond donors (Lipinski definition) is 1. The lowest BCUT2D eigenvalue weighted by Crippen LogP contribution is -2.05. The number of ether oxygens (including phenoxy) is 1. The van der Waals surface area contributed by atoms with Crippen LogP contribution in [0.4, 0.5) is 5.82 Å². The second kappa shape index (κ2) is 5.92. The lowest BCUT2D eigenvalue weighted by atomic mass is 10.1. The summed E-state index contributed by atoms with van der Waals surface area (Å²) in [5.41, 5.74) is 9.56. The molecule has 0 saturated carbocycles. The summed E-state index contributed by atoms with van der Waals surface area (Å²) in [6.45, 7) is 5.06. The second-order valence-electron chi connectivity index (χ2n) is 4.95. The average Bonchev–Trinajstić information content (AvgIpc) is 2.79. The number of nitrogens with two attached hydrogens (primary N) is 1. The molecule has 0 aliphatic rings. The van der Waals surface area contributed by atoms with Crippen LogP contribution in [-0.2, 0) is 6.54 Å². The van der Waals surface area contributed by atoms with Crippen molar-refractivity contribution < 1.29 is 4.74 Å². The highest BCUT2D eigenvalue weighted by atomic mass is 79.9. The molecule has 22 heavy (non-hydrogen) atoms. The molecule has 2 N–H and O–H groups in total. The van der Waals surface area contributed by atoms with Crippen LogP contribution in [0.2, 0.25) is 0 Å². The van der Waals surface area contributed by atoms with Crippen LogP contribution in [-0.4, -0.2) is 26.1 Å². The van der Waals surface area contributed by atoms with Gasteiger partial charge in [0.05, 0.1) is 13.2 Å². The van der Waals surface area contributed by atoms with Gasteiger partial charge in [0.25, 0.3) is 0 Å². The molecule has 1 aromatic carbocycles. The van der Waals surface area contributed by atoms with Gasteiger partial charge in [-0.1, -0.05) is 29.8 Å². The van der Waals surface area contributed by atoms with Gasteiger partial charge in [0.15, 0.2) is 21.7 Å². The Balaban J connectivity index is 2.07. The Labute approximate surface area is 136 Å². The Morgan fingerprint density at radius 1 is 1.18 bits per heavy atom. The minimum absolute atomic E-state index is 0.269. The number of benzene rings is 1. The van der Waals surface area contributed by atoms with Gasteiger partial charge in [-0.3, -0.25) is 4.57 Å². The molecule has 2 heterocycles. The molecule has 0 spiro atoms. The topological polar surface area (TPSA) is 78.9 Å². The first-order valence-corrected chi connectivity index (χ1v) is 7.75. The molecule has 6 nitrogen and oxygen atoms in total. The number of aromatic nitrogens is 4. The predicted molar refractivity (Wildman–Crippen MR) is 88.9 cm³/mol. The van der Waals surface area contributed by atoms with E-state index < -0.39 is 0 Å². The molecule has 0 unspecified atom stereocenters. The molecule has 3 aromatic rings. The molecule has 0 aliphatic carbocycles. The second-order valence-corrected chi connectivity index (χ2v) is 5.66. The normalized spacial score (nSPS) is 11.0. The van der Waals surface area contributed by atoms with E-state index >= 15 is 0 Å². The van der Waals surface area contributed by atoms with Crippen LogP contribution in [0.15, 0.2) is 29.0 Å². The zero-order valence-electron chi connectivity index (χ0n) is 12.4. The highest BCUT2D eigenvalue weighted by Crippen LogP contribution is 2.25. The Hall–Kier alpha value is -2.15. The summed E-state index contributed by atoms with van der Waals surface area (Å²) in [4.78, 5) is 12.9. The molecular weight excluding hydrogens is 346 g/mol. The van der Waals surface area contributed by atoms with Crippen molar-refractivity contribution in [3.63, 3.8) is 0 Å². The molecule has 114 valence electrons. The van der Waals surface area contributed by atoms with Gasteiger partial charge >= 0.3 is 6.01 Å². The molecule has 0 aliphatic heterocycles. The van der Waals surface area contributed by atoms with E-state index in [1.165, 1.54) is 5.56 Å².